The van der Waals surface area contributed by atoms with Gasteiger partial charge in [0.05, 0.1) is 11.2 Å². The van der Waals surface area contributed by atoms with Crippen LogP contribution >= 0.6 is 0 Å². The van der Waals surface area contributed by atoms with Gasteiger partial charge < -0.3 is 9.31 Å². The minimum absolute atomic E-state index is 0.0563. The molecule has 1 saturated heterocycles. The molecule has 4 aliphatic carbocycles. The minimum atomic E-state index is -0.159. The first kappa shape index (κ1) is 12.7. The maximum atomic E-state index is 6.29. The van der Waals surface area contributed by atoms with Crippen LogP contribution in [0.3, 0.4) is 0 Å². The zero-order valence-electron chi connectivity index (χ0n) is 12.9. The Morgan fingerprint density at radius 3 is 1.79 bits per heavy atom. The van der Waals surface area contributed by atoms with Crippen LogP contribution in [0, 0.1) is 11.3 Å². The third-order valence-corrected chi connectivity index (χ3v) is 7.09. The van der Waals surface area contributed by atoms with Gasteiger partial charge in [0.2, 0.25) is 0 Å². The molecule has 0 radical (unpaired) electrons. The summed E-state index contributed by atoms with van der Waals surface area (Å²) < 4.78 is 12.6. The van der Waals surface area contributed by atoms with Crippen molar-refractivity contribution < 1.29 is 9.31 Å². The topological polar surface area (TPSA) is 18.5 Å². The Kier molecular flexibility index (Phi) is 2.28. The Labute approximate surface area is 117 Å². The smallest absolute Gasteiger partial charge is 0.403 e. The van der Waals surface area contributed by atoms with Crippen molar-refractivity contribution in [1.29, 1.82) is 0 Å². The molecule has 0 aromatic heterocycles. The highest BCUT2D eigenvalue weighted by Gasteiger charge is 2.77. The molecule has 5 aliphatic rings. The summed E-state index contributed by atoms with van der Waals surface area (Å²) in [7, 11) is 0.0563. The molecule has 5 rings (SSSR count). The van der Waals surface area contributed by atoms with Crippen LogP contribution in [0.5, 0.6) is 0 Å². The van der Waals surface area contributed by atoms with Gasteiger partial charge in [-0.2, -0.15) is 0 Å². The fourth-order valence-electron chi connectivity index (χ4n) is 5.26. The zero-order chi connectivity index (χ0) is 13.5. The number of rotatable bonds is 2. The van der Waals surface area contributed by atoms with E-state index in [0.29, 0.717) is 10.7 Å². The van der Waals surface area contributed by atoms with E-state index < -0.39 is 0 Å². The number of hydrogen-bond donors (Lipinski definition) is 0. The van der Waals surface area contributed by atoms with E-state index in [-0.39, 0.29) is 18.3 Å². The summed E-state index contributed by atoms with van der Waals surface area (Å²) in [6.45, 7) is 8.69. The van der Waals surface area contributed by atoms with Crippen molar-refractivity contribution in [3.05, 3.63) is 0 Å². The highest BCUT2D eigenvalue weighted by Crippen LogP contribution is 2.84. The van der Waals surface area contributed by atoms with E-state index in [9.17, 15) is 0 Å². The molecule has 19 heavy (non-hydrogen) atoms. The highest BCUT2D eigenvalue weighted by molar-refractivity contribution is 6.51. The van der Waals surface area contributed by atoms with Crippen LogP contribution in [0.15, 0.2) is 0 Å². The van der Waals surface area contributed by atoms with Crippen LogP contribution in [-0.2, 0) is 9.31 Å². The number of hydrogen-bond acceptors (Lipinski definition) is 2. The van der Waals surface area contributed by atoms with Gasteiger partial charge in [-0.3, -0.25) is 0 Å². The lowest BCUT2D eigenvalue weighted by atomic mass is 9.22. The normalized spacial score (nSPS) is 47.1. The first-order chi connectivity index (χ1) is 8.79. The minimum Gasteiger partial charge on any atom is -0.403 e. The van der Waals surface area contributed by atoms with Crippen LogP contribution < -0.4 is 0 Å². The van der Waals surface area contributed by atoms with Crippen molar-refractivity contribution in [2.24, 2.45) is 11.3 Å². The maximum absolute atomic E-state index is 6.29. The molecule has 0 aromatic carbocycles. The lowest BCUT2D eigenvalue weighted by molar-refractivity contribution is -0.150. The van der Waals surface area contributed by atoms with Crippen molar-refractivity contribution in [2.75, 3.05) is 0 Å². The van der Waals surface area contributed by atoms with E-state index in [0.717, 1.165) is 5.92 Å². The van der Waals surface area contributed by atoms with Crippen molar-refractivity contribution in [3.8, 4) is 0 Å². The second-order valence-corrected chi connectivity index (χ2v) is 8.82. The molecule has 106 valence electrons. The molecule has 2 bridgehead atoms. The van der Waals surface area contributed by atoms with Gasteiger partial charge >= 0.3 is 7.12 Å². The average molecular weight is 262 g/mol. The second-order valence-electron chi connectivity index (χ2n) is 8.82. The summed E-state index contributed by atoms with van der Waals surface area (Å²) in [6.07, 6.45) is 10.0. The van der Waals surface area contributed by atoms with Crippen molar-refractivity contribution in [3.63, 3.8) is 0 Å². The van der Waals surface area contributed by atoms with Crippen LogP contribution in [0.4, 0.5) is 0 Å². The molecule has 0 N–H and O–H groups in total. The summed E-state index contributed by atoms with van der Waals surface area (Å²) in [4.78, 5) is 0. The van der Waals surface area contributed by atoms with E-state index in [1.54, 1.807) is 0 Å². The molecule has 0 spiro atoms. The van der Waals surface area contributed by atoms with Gasteiger partial charge in [0.25, 0.3) is 0 Å². The van der Waals surface area contributed by atoms with Gasteiger partial charge in [0, 0.05) is 5.31 Å². The Morgan fingerprint density at radius 2 is 1.32 bits per heavy atom. The van der Waals surface area contributed by atoms with Gasteiger partial charge in [-0.1, -0.05) is 12.8 Å². The average Bonchev–Trinajstić information content (AvgIpc) is 2.70. The first-order valence-corrected chi connectivity index (χ1v) is 8.14. The largest absolute Gasteiger partial charge is 0.464 e. The molecular weight excluding hydrogens is 235 g/mol. The van der Waals surface area contributed by atoms with Gasteiger partial charge in [-0.15, -0.1) is 0 Å². The Bertz CT molecular complexity index is 373. The van der Waals surface area contributed by atoms with Crippen LogP contribution in [-0.4, -0.2) is 18.3 Å². The zero-order valence-corrected chi connectivity index (χ0v) is 12.9. The molecule has 5 fully saturated rings. The van der Waals surface area contributed by atoms with Gasteiger partial charge in [-0.25, -0.2) is 0 Å². The van der Waals surface area contributed by atoms with E-state index >= 15 is 0 Å². The monoisotopic (exact) mass is 262 g/mol. The molecule has 2 nitrogen and oxygen atoms in total. The molecule has 3 heteroatoms. The molecule has 0 atom stereocenters. The fraction of sp³-hybridized carbons (Fsp3) is 1.00. The predicted octanol–water partition coefficient (Wildman–Crippen LogP) is 4.19. The highest BCUT2D eigenvalue weighted by atomic mass is 16.7. The van der Waals surface area contributed by atoms with Crippen molar-refractivity contribution in [2.45, 2.75) is 89.2 Å². The molecule has 0 unspecified atom stereocenters. The second kappa shape index (κ2) is 3.41. The summed E-state index contributed by atoms with van der Waals surface area (Å²) >= 11 is 0. The van der Waals surface area contributed by atoms with E-state index in [1.165, 1.54) is 44.9 Å². The van der Waals surface area contributed by atoms with Gasteiger partial charge in [-0.05, 0) is 71.1 Å². The van der Waals surface area contributed by atoms with E-state index in [4.69, 9.17) is 9.31 Å². The molecule has 0 amide bonds. The van der Waals surface area contributed by atoms with Crippen LogP contribution in [0.1, 0.15) is 72.6 Å². The van der Waals surface area contributed by atoms with Gasteiger partial charge in [0.1, 0.15) is 0 Å². The third-order valence-electron chi connectivity index (χ3n) is 7.09. The summed E-state index contributed by atoms with van der Waals surface area (Å²) in [5.41, 5.74) is 0.390. The summed E-state index contributed by atoms with van der Waals surface area (Å²) in [5, 5.41) is 0.383. The fourth-order valence-corrected chi connectivity index (χ4v) is 5.26. The molecule has 1 aliphatic heterocycles. The molecule has 0 aromatic rings. The predicted molar refractivity (Wildman–Crippen MR) is 77.0 cm³/mol. The standard InChI is InChI=1S/C16H27BO2/c1-13(2)14(3,4)19-17(18-13)16-9-15(10-16,11-16)12-7-5-6-8-12/h12H,5-11H2,1-4H3. The van der Waals surface area contributed by atoms with E-state index in [2.05, 4.69) is 27.7 Å². The van der Waals surface area contributed by atoms with Crippen LogP contribution in [0.25, 0.3) is 0 Å². The molecule has 1 heterocycles. The molecular formula is C16H27BO2. The Morgan fingerprint density at radius 1 is 0.842 bits per heavy atom. The first-order valence-electron chi connectivity index (χ1n) is 8.14. The van der Waals surface area contributed by atoms with Crippen molar-refractivity contribution >= 4 is 7.12 Å². The maximum Gasteiger partial charge on any atom is 0.464 e. The van der Waals surface area contributed by atoms with Gasteiger partial charge in [0.15, 0.2) is 0 Å². The quantitative estimate of drug-likeness (QED) is 0.694. The van der Waals surface area contributed by atoms with Crippen molar-refractivity contribution in [1.82, 2.24) is 0 Å². The Balaban J connectivity index is 1.45. The summed E-state index contributed by atoms with van der Waals surface area (Å²) in [5.74, 6) is 1.02. The van der Waals surface area contributed by atoms with E-state index in [1.807, 2.05) is 0 Å². The molecule has 4 saturated carbocycles. The summed E-state index contributed by atoms with van der Waals surface area (Å²) in [6, 6.07) is 0. The Hall–Kier alpha value is -0.0151. The lowest BCUT2D eigenvalue weighted by Gasteiger charge is -2.73. The third kappa shape index (κ3) is 1.47. The lowest BCUT2D eigenvalue weighted by Crippen LogP contribution is -2.66. The SMILES string of the molecule is CC1(C)OB(C23CC(C4CCCC4)(C2)C3)OC1(C)C. The van der Waals surface area contributed by atoms with Crippen LogP contribution in [0.2, 0.25) is 5.31 Å².